The molecule has 4 aromatic rings. The van der Waals surface area contributed by atoms with E-state index in [0.717, 1.165) is 21.2 Å². The summed E-state index contributed by atoms with van der Waals surface area (Å²) in [6, 6.07) is 30.2. The quantitative estimate of drug-likeness (QED) is 0.274. The van der Waals surface area contributed by atoms with Gasteiger partial charge in [0.05, 0.1) is 23.7 Å². The average Bonchev–Trinajstić information content (AvgIpc) is 3.00. The summed E-state index contributed by atoms with van der Waals surface area (Å²) in [5.41, 5.74) is 3.19. The Morgan fingerprint density at radius 1 is 0.905 bits per heavy atom. The topological polar surface area (TPSA) is 96.0 Å². The summed E-state index contributed by atoms with van der Waals surface area (Å²) in [7, 11) is -4.05. The first kappa shape index (κ1) is 29.5. The maximum absolute atomic E-state index is 13.9. The summed E-state index contributed by atoms with van der Waals surface area (Å²) in [4.78, 5) is 28.6. The molecule has 1 heterocycles. The Kier molecular flexibility index (Phi) is 9.06. The van der Waals surface area contributed by atoms with Gasteiger partial charge in [-0.25, -0.2) is 8.42 Å². The molecule has 0 fully saturated rings. The van der Waals surface area contributed by atoms with Gasteiger partial charge in [0.2, 0.25) is 15.9 Å². The van der Waals surface area contributed by atoms with E-state index in [4.69, 9.17) is 4.74 Å². The van der Waals surface area contributed by atoms with Crippen LogP contribution in [0, 0.1) is 6.92 Å². The minimum absolute atomic E-state index is 0.00258. The molecule has 0 bridgehead atoms. The number of anilines is 1. The van der Waals surface area contributed by atoms with Gasteiger partial charge >= 0.3 is 0 Å². The van der Waals surface area contributed by atoms with E-state index in [2.05, 4.69) is 21.2 Å². The molecule has 1 N–H and O–H groups in total. The zero-order valence-corrected chi connectivity index (χ0v) is 25.3. The molecular formula is C32H30BrN3O5S. The van der Waals surface area contributed by atoms with Gasteiger partial charge < -0.3 is 15.0 Å². The smallest absolute Gasteiger partial charge is 0.263 e. The first-order valence-corrected chi connectivity index (χ1v) is 15.6. The fourth-order valence-corrected chi connectivity index (χ4v) is 6.26. The Labute approximate surface area is 254 Å². The van der Waals surface area contributed by atoms with Gasteiger partial charge in [-0.1, -0.05) is 88.2 Å². The molecule has 0 saturated carbocycles. The largest absolute Gasteiger partial charge is 0.477 e. The van der Waals surface area contributed by atoms with E-state index in [-0.39, 0.29) is 23.9 Å². The highest BCUT2D eigenvalue weighted by Crippen LogP contribution is 2.34. The molecule has 2 amide bonds. The number of halogens is 1. The second-order valence-corrected chi connectivity index (χ2v) is 12.8. The summed E-state index contributed by atoms with van der Waals surface area (Å²) >= 11 is 3.35. The summed E-state index contributed by atoms with van der Waals surface area (Å²) in [6.07, 6.45) is -0.971. The molecule has 0 unspecified atom stereocenters. The summed E-state index contributed by atoms with van der Waals surface area (Å²) < 4.78 is 35.5. The van der Waals surface area contributed by atoms with Crippen molar-refractivity contribution in [2.75, 3.05) is 18.0 Å². The van der Waals surface area contributed by atoms with E-state index in [1.54, 1.807) is 36.4 Å². The van der Waals surface area contributed by atoms with Gasteiger partial charge in [-0.2, -0.15) is 4.31 Å². The number of sulfonamides is 1. The van der Waals surface area contributed by atoms with Crippen molar-refractivity contribution in [2.45, 2.75) is 31.0 Å². The van der Waals surface area contributed by atoms with E-state index in [1.165, 1.54) is 21.3 Å². The van der Waals surface area contributed by atoms with Gasteiger partial charge in [-0.15, -0.1) is 0 Å². The lowest BCUT2D eigenvalue weighted by molar-refractivity contribution is -0.128. The van der Waals surface area contributed by atoms with Crippen molar-refractivity contribution >= 4 is 43.5 Å². The number of hydrogen-bond acceptors (Lipinski definition) is 5. The Balaban J connectivity index is 1.40. The molecule has 0 aromatic heterocycles. The molecule has 1 aliphatic heterocycles. The number of aryl methyl sites for hydroxylation is 1. The van der Waals surface area contributed by atoms with Crippen molar-refractivity contribution in [3.05, 3.63) is 124 Å². The number of ether oxygens (including phenoxy) is 1. The highest BCUT2D eigenvalue weighted by molar-refractivity contribution is 9.10. The SMILES string of the molecule is Cc1ccc(CN(CC(=O)N2C[C@@H](C(=O)NCc3ccccc3)Oc3ccccc32)S(=O)(=O)c2ccc(Br)cc2)cc1. The Bertz CT molecular complexity index is 1660. The molecule has 10 heteroatoms. The minimum atomic E-state index is -4.05. The number of nitrogens with one attached hydrogen (secondary N) is 1. The Hall–Kier alpha value is -3.99. The molecular weight excluding hydrogens is 618 g/mol. The molecule has 1 aliphatic rings. The summed E-state index contributed by atoms with van der Waals surface area (Å²) in [5, 5.41) is 2.88. The lowest BCUT2D eigenvalue weighted by Crippen LogP contribution is -2.52. The average molecular weight is 649 g/mol. The van der Waals surface area contributed by atoms with E-state index in [9.17, 15) is 18.0 Å². The van der Waals surface area contributed by atoms with Crippen LogP contribution < -0.4 is 15.0 Å². The third kappa shape index (κ3) is 6.89. The predicted molar refractivity (Wildman–Crippen MR) is 164 cm³/mol. The second kappa shape index (κ2) is 12.9. The van der Waals surface area contributed by atoms with Gasteiger partial charge in [0.15, 0.2) is 6.10 Å². The van der Waals surface area contributed by atoms with Crippen LogP contribution in [0.25, 0.3) is 0 Å². The molecule has 42 heavy (non-hydrogen) atoms. The third-order valence-corrected chi connectivity index (χ3v) is 9.25. The molecule has 5 rings (SSSR count). The number of amides is 2. The van der Waals surface area contributed by atoms with Crippen molar-refractivity contribution < 1.29 is 22.7 Å². The van der Waals surface area contributed by atoms with Crippen LogP contribution in [0.4, 0.5) is 5.69 Å². The zero-order valence-electron chi connectivity index (χ0n) is 22.9. The van der Waals surface area contributed by atoms with E-state index < -0.39 is 28.6 Å². The highest BCUT2D eigenvalue weighted by Gasteiger charge is 2.36. The standard InChI is InChI=1S/C32H30BrN3O5S/c1-23-11-13-25(14-12-23)20-35(42(39,40)27-17-15-26(33)16-18-27)22-31(37)36-21-30(41-29-10-6-5-9-28(29)36)32(38)34-19-24-7-3-2-4-8-24/h2-18,30H,19-22H2,1H3,(H,34,38)/t30-/m0/s1. The number of benzene rings is 4. The molecule has 216 valence electrons. The van der Waals surface area contributed by atoms with Crippen LogP contribution in [0.15, 0.2) is 112 Å². The molecule has 0 saturated heterocycles. The monoisotopic (exact) mass is 647 g/mol. The maximum Gasteiger partial charge on any atom is 0.263 e. The fourth-order valence-electron chi connectivity index (χ4n) is 4.62. The number of hydrogen-bond donors (Lipinski definition) is 1. The van der Waals surface area contributed by atoms with Crippen LogP contribution in [0.2, 0.25) is 0 Å². The number of carbonyl (C=O) groups is 2. The first-order chi connectivity index (χ1) is 20.2. The lowest BCUT2D eigenvalue weighted by Gasteiger charge is -2.35. The second-order valence-electron chi connectivity index (χ2n) is 9.99. The zero-order chi connectivity index (χ0) is 29.7. The van der Waals surface area contributed by atoms with Crippen LogP contribution in [-0.2, 0) is 32.7 Å². The van der Waals surface area contributed by atoms with Crippen LogP contribution >= 0.6 is 15.9 Å². The Morgan fingerprint density at radius 3 is 2.29 bits per heavy atom. The molecule has 0 spiro atoms. The van der Waals surface area contributed by atoms with Crippen LogP contribution in [0.5, 0.6) is 5.75 Å². The summed E-state index contributed by atoms with van der Waals surface area (Å²) in [6.45, 7) is 1.76. The van der Waals surface area contributed by atoms with Gasteiger partial charge in [-0.05, 0) is 54.4 Å². The van der Waals surface area contributed by atoms with Crippen molar-refractivity contribution in [2.24, 2.45) is 0 Å². The predicted octanol–water partition coefficient (Wildman–Crippen LogP) is 5.06. The fraction of sp³-hybridized carbons (Fsp3) is 0.188. The highest BCUT2D eigenvalue weighted by atomic mass is 79.9. The first-order valence-electron chi connectivity index (χ1n) is 13.4. The van der Waals surface area contributed by atoms with Gasteiger partial charge in [0.1, 0.15) is 5.75 Å². The maximum atomic E-state index is 13.9. The van der Waals surface area contributed by atoms with Crippen LogP contribution in [0.3, 0.4) is 0 Å². The van der Waals surface area contributed by atoms with E-state index >= 15 is 0 Å². The molecule has 0 radical (unpaired) electrons. The lowest BCUT2D eigenvalue weighted by atomic mass is 10.1. The number of carbonyl (C=O) groups excluding carboxylic acids is 2. The molecule has 1 atom stereocenters. The minimum Gasteiger partial charge on any atom is -0.477 e. The van der Waals surface area contributed by atoms with Crippen molar-refractivity contribution in [1.82, 2.24) is 9.62 Å². The van der Waals surface area contributed by atoms with Gasteiger partial charge in [0, 0.05) is 17.6 Å². The number of rotatable bonds is 9. The van der Waals surface area contributed by atoms with E-state index in [0.29, 0.717) is 18.0 Å². The van der Waals surface area contributed by atoms with Crippen molar-refractivity contribution in [1.29, 1.82) is 0 Å². The van der Waals surface area contributed by atoms with Crippen molar-refractivity contribution in [3.63, 3.8) is 0 Å². The van der Waals surface area contributed by atoms with Gasteiger partial charge in [-0.3, -0.25) is 9.59 Å². The third-order valence-electron chi connectivity index (χ3n) is 6.92. The summed E-state index contributed by atoms with van der Waals surface area (Å²) in [5.74, 6) is -0.470. The number of para-hydroxylation sites is 2. The number of nitrogens with zero attached hydrogens (tertiary/aromatic N) is 2. The number of fused-ring (bicyclic) bond motifs is 1. The van der Waals surface area contributed by atoms with Crippen LogP contribution in [0.1, 0.15) is 16.7 Å². The van der Waals surface area contributed by atoms with Gasteiger partial charge in [0.25, 0.3) is 5.91 Å². The molecule has 4 aromatic carbocycles. The Morgan fingerprint density at radius 2 is 1.57 bits per heavy atom. The van der Waals surface area contributed by atoms with Crippen LogP contribution in [-0.4, -0.2) is 43.7 Å². The molecule has 8 nitrogen and oxygen atoms in total. The molecule has 0 aliphatic carbocycles. The van der Waals surface area contributed by atoms with E-state index in [1.807, 2.05) is 61.5 Å². The normalized spacial score (nSPS) is 14.6. The van der Waals surface area contributed by atoms with Crippen molar-refractivity contribution in [3.8, 4) is 5.75 Å².